The van der Waals surface area contributed by atoms with Crippen molar-refractivity contribution in [3.8, 4) is 5.69 Å². The van der Waals surface area contributed by atoms with E-state index in [-0.39, 0.29) is 11.4 Å². The summed E-state index contributed by atoms with van der Waals surface area (Å²) < 4.78 is 2.03. The molecule has 0 aliphatic rings. The number of aryl methyl sites for hydroxylation is 2. The summed E-state index contributed by atoms with van der Waals surface area (Å²) in [6, 6.07) is 11.1. The Labute approximate surface area is 176 Å². The molecule has 10 heteroatoms. The van der Waals surface area contributed by atoms with Crippen LogP contribution >= 0.6 is 11.6 Å². The third kappa shape index (κ3) is 4.15. The molecule has 0 saturated heterocycles. The largest absolute Gasteiger partial charge is 0.318 e. The minimum absolute atomic E-state index is 0.0565. The average molecular weight is 428 g/mol. The van der Waals surface area contributed by atoms with E-state index in [2.05, 4.69) is 10.5 Å². The molecule has 30 heavy (non-hydrogen) atoms. The van der Waals surface area contributed by atoms with Gasteiger partial charge in [0.2, 0.25) is 0 Å². The molecular weight excluding hydrogens is 410 g/mol. The summed E-state index contributed by atoms with van der Waals surface area (Å²) in [6.07, 6.45) is 1.54. The van der Waals surface area contributed by atoms with E-state index in [0.29, 0.717) is 5.02 Å². The van der Waals surface area contributed by atoms with Gasteiger partial charge in [-0.1, -0.05) is 17.7 Å². The number of hydrogen-bond acceptors (Lipinski definition) is 6. The normalized spacial score (nSPS) is 11.1. The molecule has 0 aliphatic carbocycles. The van der Waals surface area contributed by atoms with E-state index in [1.165, 1.54) is 12.1 Å². The zero-order valence-electron chi connectivity index (χ0n) is 16.4. The van der Waals surface area contributed by atoms with Crippen LogP contribution in [-0.4, -0.2) is 20.6 Å². The molecule has 1 N–H and O–H groups in total. The minimum atomic E-state index is -0.697. The van der Waals surface area contributed by atoms with Gasteiger partial charge in [0.05, 0.1) is 22.1 Å². The van der Waals surface area contributed by atoms with E-state index in [9.17, 15) is 20.2 Å². The molecule has 3 aromatic rings. The Bertz CT molecular complexity index is 1190. The summed E-state index contributed by atoms with van der Waals surface area (Å²) in [6.45, 7) is 5.81. The quantitative estimate of drug-likeness (QED) is 0.324. The van der Waals surface area contributed by atoms with E-state index in [4.69, 9.17) is 11.6 Å². The Balaban J connectivity index is 1.88. The summed E-state index contributed by atoms with van der Waals surface area (Å²) in [4.78, 5) is 20.7. The maximum Gasteiger partial charge on any atom is 0.301 e. The SMILES string of the molecule is Cc1ccc(-n2c(C)cc(/C=N\Nc3ccc([N+](=O)[O-])cc3[N+](=O)[O-])c2C)cc1Cl. The van der Waals surface area contributed by atoms with Gasteiger partial charge in [0, 0.05) is 33.7 Å². The van der Waals surface area contributed by atoms with E-state index in [0.717, 1.165) is 34.3 Å². The van der Waals surface area contributed by atoms with Crippen molar-refractivity contribution in [1.82, 2.24) is 4.57 Å². The summed E-state index contributed by atoms with van der Waals surface area (Å²) in [5.74, 6) is 0. The van der Waals surface area contributed by atoms with Gasteiger partial charge in [-0.15, -0.1) is 0 Å². The van der Waals surface area contributed by atoms with E-state index in [1.54, 1.807) is 6.21 Å². The smallest absolute Gasteiger partial charge is 0.301 e. The van der Waals surface area contributed by atoms with Crippen molar-refractivity contribution in [2.45, 2.75) is 20.8 Å². The van der Waals surface area contributed by atoms with Crippen LogP contribution in [-0.2, 0) is 0 Å². The molecule has 3 rings (SSSR count). The van der Waals surface area contributed by atoms with E-state index in [1.807, 2.05) is 49.6 Å². The fourth-order valence-corrected chi connectivity index (χ4v) is 3.26. The molecule has 2 aromatic carbocycles. The highest BCUT2D eigenvalue weighted by Crippen LogP contribution is 2.29. The number of rotatable bonds is 6. The van der Waals surface area contributed by atoms with Crippen LogP contribution < -0.4 is 5.43 Å². The lowest BCUT2D eigenvalue weighted by molar-refractivity contribution is -0.393. The summed E-state index contributed by atoms with van der Waals surface area (Å²) in [5, 5.41) is 26.8. The van der Waals surface area contributed by atoms with Crippen LogP contribution in [0.3, 0.4) is 0 Å². The summed E-state index contributed by atoms with van der Waals surface area (Å²) in [5.41, 5.74) is 6.45. The Morgan fingerprint density at radius 3 is 2.40 bits per heavy atom. The Kier molecular flexibility index (Phi) is 5.84. The van der Waals surface area contributed by atoms with E-state index < -0.39 is 15.5 Å². The number of hydrogen-bond donors (Lipinski definition) is 1. The predicted octanol–water partition coefficient (Wildman–Crippen LogP) is 5.32. The zero-order chi connectivity index (χ0) is 22.0. The van der Waals surface area contributed by atoms with Gasteiger partial charge in [-0.25, -0.2) is 0 Å². The number of hydrazone groups is 1. The minimum Gasteiger partial charge on any atom is -0.318 e. The van der Waals surface area contributed by atoms with Crippen molar-refractivity contribution in [3.63, 3.8) is 0 Å². The molecule has 0 radical (unpaired) electrons. The standard InChI is InChI=1S/C20H18ClN5O4/c1-12-4-5-16(9-18(12)21)24-13(2)8-15(14(24)3)11-22-23-19-7-6-17(25(27)28)10-20(19)26(29)30/h4-11,23H,1-3H3/b22-11-. The molecule has 0 amide bonds. The van der Waals surface area contributed by atoms with Crippen LogP contribution in [0.5, 0.6) is 0 Å². The first-order valence-corrected chi connectivity index (χ1v) is 9.24. The number of nitro groups is 2. The molecular formula is C20H18ClN5O4. The van der Waals surface area contributed by atoms with Crippen LogP contribution in [0.1, 0.15) is 22.5 Å². The molecule has 0 spiro atoms. The Hall–Kier alpha value is -3.72. The number of halogens is 1. The van der Waals surface area contributed by atoms with Gasteiger partial charge in [0.1, 0.15) is 5.69 Å². The molecule has 0 aliphatic heterocycles. The van der Waals surface area contributed by atoms with Crippen molar-refractivity contribution in [3.05, 3.63) is 90.2 Å². The van der Waals surface area contributed by atoms with Gasteiger partial charge < -0.3 is 4.57 Å². The molecule has 1 aromatic heterocycles. The van der Waals surface area contributed by atoms with Gasteiger partial charge >= 0.3 is 5.69 Å². The summed E-state index contributed by atoms with van der Waals surface area (Å²) in [7, 11) is 0. The van der Waals surface area contributed by atoms with Crippen LogP contribution in [0.25, 0.3) is 5.69 Å². The van der Waals surface area contributed by atoms with Gasteiger partial charge in [0.15, 0.2) is 0 Å². The second-order valence-corrected chi connectivity index (χ2v) is 7.09. The number of anilines is 1. The molecule has 0 saturated carbocycles. The topological polar surface area (TPSA) is 116 Å². The van der Waals surface area contributed by atoms with Crippen LogP contribution in [0.4, 0.5) is 17.1 Å². The maximum atomic E-state index is 11.2. The lowest BCUT2D eigenvalue weighted by Gasteiger charge is -2.11. The molecule has 9 nitrogen and oxygen atoms in total. The fourth-order valence-electron chi connectivity index (χ4n) is 3.09. The number of aromatic nitrogens is 1. The van der Waals surface area contributed by atoms with Gasteiger partial charge in [0.25, 0.3) is 5.69 Å². The lowest BCUT2D eigenvalue weighted by Crippen LogP contribution is -2.01. The number of nitrogens with zero attached hydrogens (tertiary/aromatic N) is 4. The highest BCUT2D eigenvalue weighted by atomic mass is 35.5. The third-order valence-electron chi connectivity index (χ3n) is 4.66. The fraction of sp³-hybridized carbons (Fsp3) is 0.150. The van der Waals surface area contributed by atoms with Gasteiger partial charge in [-0.2, -0.15) is 5.10 Å². The second-order valence-electron chi connectivity index (χ2n) is 6.68. The first-order valence-electron chi connectivity index (χ1n) is 8.86. The highest BCUT2D eigenvalue weighted by molar-refractivity contribution is 6.31. The third-order valence-corrected chi connectivity index (χ3v) is 5.07. The zero-order valence-corrected chi connectivity index (χ0v) is 17.2. The van der Waals surface area contributed by atoms with Crippen LogP contribution in [0, 0.1) is 41.0 Å². The summed E-state index contributed by atoms with van der Waals surface area (Å²) >= 11 is 6.25. The van der Waals surface area contributed by atoms with Crippen LogP contribution in [0.15, 0.2) is 47.6 Å². The van der Waals surface area contributed by atoms with Crippen molar-refractivity contribution in [2.24, 2.45) is 5.10 Å². The molecule has 0 unspecified atom stereocenters. The number of non-ortho nitro benzene ring substituents is 1. The lowest BCUT2D eigenvalue weighted by atomic mass is 10.2. The predicted molar refractivity (Wildman–Crippen MR) is 116 cm³/mol. The van der Waals surface area contributed by atoms with Gasteiger partial charge in [-0.3, -0.25) is 25.7 Å². The molecule has 0 fully saturated rings. The molecule has 0 bridgehead atoms. The van der Waals surface area contributed by atoms with Crippen molar-refractivity contribution in [1.29, 1.82) is 0 Å². The van der Waals surface area contributed by atoms with Crippen molar-refractivity contribution < 1.29 is 9.85 Å². The number of nitro benzene ring substituents is 2. The molecule has 0 atom stereocenters. The molecule has 1 heterocycles. The first-order chi connectivity index (χ1) is 14.2. The Morgan fingerprint density at radius 1 is 1.03 bits per heavy atom. The van der Waals surface area contributed by atoms with Crippen LogP contribution in [0.2, 0.25) is 5.02 Å². The van der Waals surface area contributed by atoms with E-state index >= 15 is 0 Å². The maximum absolute atomic E-state index is 11.2. The monoisotopic (exact) mass is 427 g/mol. The Morgan fingerprint density at radius 2 is 1.77 bits per heavy atom. The highest BCUT2D eigenvalue weighted by Gasteiger charge is 2.19. The number of benzene rings is 2. The molecule has 154 valence electrons. The van der Waals surface area contributed by atoms with Gasteiger partial charge in [-0.05, 0) is 50.6 Å². The second kappa shape index (κ2) is 8.34. The first kappa shape index (κ1) is 21.0. The average Bonchev–Trinajstić information content (AvgIpc) is 2.97. The van der Waals surface area contributed by atoms with Crippen molar-refractivity contribution in [2.75, 3.05) is 5.43 Å². The number of nitrogens with one attached hydrogen (secondary N) is 1. The van der Waals surface area contributed by atoms with Crippen molar-refractivity contribution >= 4 is 34.9 Å².